The molecule has 0 saturated heterocycles. The van der Waals surface area contributed by atoms with Crippen molar-refractivity contribution < 1.29 is 19.0 Å². The molecule has 0 spiro atoms. The van der Waals surface area contributed by atoms with Crippen LogP contribution in [-0.4, -0.2) is 49.6 Å². The Morgan fingerprint density at radius 1 is 1.09 bits per heavy atom. The summed E-state index contributed by atoms with van der Waals surface area (Å²) in [5.74, 6) is -0.949. The predicted molar refractivity (Wildman–Crippen MR) is 129 cm³/mol. The largest absolute Gasteiger partial charge is 0.394 e. The van der Waals surface area contributed by atoms with Gasteiger partial charge in [0, 0.05) is 6.20 Å². The number of halogens is 2. The standard InChI is InChI=1S/C26H31F2N5O2/c1-5-15-12-25(2,3)26(4,21-9-10-29-24(31-21)30-16(13-34)14-35)23-17(15)11-20(32-33-23)22-18(27)7-6-8-19(22)28/h6-11,15-16,34-35H,5,12-14H2,1-4H3,(H,29,30,31)/t15-,26+/m1/s1. The molecule has 35 heavy (non-hydrogen) atoms. The van der Waals surface area contributed by atoms with Crippen LogP contribution < -0.4 is 5.32 Å². The Balaban J connectivity index is 1.88. The minimum absolute atomic E-state index is 0.129. The number of aromatic nitrogens is 4. The molecule has 0 aliphatic heterocycles. The van der Waals surface area contributed by atoms with Gasteiger partial charge in [0.05, 0.1) is 47.3 Å². The lowest BCUT2D eigenvalue weighted by atomic mass is 9.54. The van der Waals surface area contributed by atoms with E-state index >= 15 is 0 Å². The van der Waals surface area contributed by atoms with Crippen LogP contribution in [0, 0.1) is 17.0 Å². The molecular formula is C26H31F2N5O2. The molecule has 4 rings (SSSR count). The third-order valence-corrected chi connectivity index (χ3v) is 7.50. The fourth-order valence-corrected chi connectivity index (χ4v) is 5.09. The van der Waals surface area contributed by atoms with E-state index in [0.29, 0.717) is 11.4 Å². The summed E-state index contributed by atoms with van der Waals surface area (Å²) in [7, 11) is 0. The van der Waals surface area contributed by atoms with Crippen molar-refractivity contribution in [2.75, 3.05) is 18.5 Å². The Labute approximate surface area is 203 Å². The average molecular weight is 484 g/mol. The van der Waals surface area contributed by atoms with Gasteiger partial charge in [0.15, 0.2) is 0 Å². The first kappa shape index (κ1) is 25.1. The monoisotopic (exact) mass is 483 g/mol. The molecule has 2 atom stereocenters. The van der Waals surface area contributed by atoms with Crippen LogP contribution in [0.2, 0.25) is 0 Å². The maximum absolute atomic E-state index is 14.5. The molecule has 1 aliphatic rings. The third-order valence-electron chi connectivity index (χ3n) is 7.50. The Kier molecular flexibility index (Phi) is 6.83. The molecule has 2 heterocycles. The first-order valence-corrected chi connectivity index (χ1v) is 11.8. The fraction of sp³-hybridized carbons (Fsp3) is 0.462. The first-order chi connectivity index (χ1) is 16.7. The van der Waals surface area contributed by atoms with Crippen molar-refractivity contribution in [3.63, 3.8) is 0 Å². The van der Waals surface area contributed by atoms with E-state index in [4.69, 9.17) is 4.98 Å². The Morgan fingerprint density at radius 3 is 2.40 bits per heavy atom. The molecule has 1 aromatic carbocycles. The van der Waals surface area contributed by atoms with E-state index in [1.807, 2.05) is 6.07 Å². The second-order valence-corrected chi connectivity index (χ2v) is 9.92. The number of benzene rings is 1. The minimum atomic E-state index is -0.694. The highest BCUT2D eigenvalue weighted by Crippen LogP contribution is 2.56. The maximum atomic E-state index is 14.5. The van der Waals surface area contributed by atoms with Gasteiger partial charge in [-0.2, -0.15) is 5.10 Å². The molecule has 0 amide bonds. The maximum Gasteiger partial charge on any atom is 0.223 e. The lowest BCUT2D eigenvalue weighted by Gasteiger charge is -2.50. The van der Waals surface area contributed by atoms with Crippen LogP contribution in [-0.2, 0) is 5.41 Å². The lowest BCUT2D eigenvalue weighted by molar-refractivity contribution is 0.153. The Bertz CT molecular complexity index is 1200. The van der Waals surface area contributed by atoms with E-state index in [2.05, 4.69) is 48.2 Å². The summed E-state index contributed by atoms with van der Waals surface area (Å²) in [6.45, 7) is 7.92. The van der Waals surface area contributed by atoms with Gasteiger partial charge in [-0.3, -0.25) is 0 Å². The SMILES string of the molecule is CC[C@@H]1CC(C)(C)[C@@](C)(c2ccnc(NC(CO)CO)n2)c2nnc(-c3c(F)cccc3F)cc21. The third kappa shape index (κ3) is 4.27. The van der Waals surface area contributed by atoms with Crippen molar-refractivity contribution in [3.05, 3.63) is 65.1 Å². The van der Waals surface area contributed by atoms with E-state index in [1.54, 1.807) is 12.3 Å². The zero-order valence-corrected chi connectivity index (χ0v) is 20.4. The summed E-state index contributed by atoms with van der Waals surface area (Å²) in [5.41, 5.74) is 1.31. The van der Waals surface area contributed by atoms with E-state index < -0.39 is 23.1 Å². The van der Waals surface area contributed by atoms with Gasteiger partial charge in [-0.25, -0.2) is 18.7 Å². The van der Waals surface area contributed by atoms with Crippen LogP contribution in [0.15, 0.2) is 36.5 Å². The smallest absolute Gasteiger partial charge is 0.223 e. The highest BCUT2D eigenvalue weighted by atomic mass is 19.1. The molecule has 186 valence electrons. The molecule has 0 radical (unpaired) electrons. The highest BCUT2D eigenvalue weighted by molar-refractivity contribution is 5.62. The zero-order valence-electron chi connectivity index (χ0n) is 20.4. The molecule has 2 aromatic heterocycles. The second-order valence-electron chi connectivity index (χ2n) is 9.92. The van der Waals surface area contributed by atoms with Gasteiger partial charge in [0.2, 0.25) is 5.95 Å². The van der Waals surface area contributed by atoms with Crippen molar-refractivity contribution in [1.82, 2.24) is 20.2 Å². The number of anilines is 1. The first-order valence-electron chi connectivity index (χ1n) is 11.8. The van der Waals surface area contributed by atoms with Crippen LogP contribution in [0.25, 0.3) is 11.3 Å². The number of aliphatic hydroxyl groups is 2. The van der Waals surface area contributed by atoms with Gasteiger partial charge >= 0.3 is 0 Å². The lowest BCUT2D eigenvalue weighted by Crippen LogP contribution is -2.47. The zero-order chi connectivity index (χ0) is 25.4. The van der Waals surface area contributed by atoms with E-state index in [1.165, 1.54) is 18.2 Å². The van der Waals surface area contributed by atoms with Crippen LogP contribution in [0.5, 0.6) is 0 Å². The van der Waals surface area contributed by atoms with Gasteiger partial charge in [0.25, 0.3) is 0 Å². The van der Waals surface area contributed by atoms with E-state index in [9.17, 15) is 19.0 Å². The average Bonchev–Trinajstić information content (AvgIpc) is 2.84. The number of nitrogens with zero attached hydrogens (tertiary/aromatic N) is 4. The summed E-state index contributed by atoms with van der Waals surface area (Å²) in [6.07, 6.45) is 3.27. The van der Waals surface area contributed by atoms with E-state index in [0.717, 1.165) is 18.4 Å². The topological polar surface area (TPSA) is 104 Å². The van der Waals surface area contributed by atoms with Gasteiger partial charge < -0.3 is 15.5 Å². The van der Waals surface area contributed by atoms with Gasteiger partial charge in [0.1, 0.15) is 11.6 Å². The molecule has 9 heteroatoms. The minimum Gasteiger partial charge on any atom is -0.394 e. The summed E-state index contributed by atoms with van der Waals surface area (Å²) in [6, 6.07) is 6.75. The van der Waals surface area contributed by atoms with Gasteiger partial charge in [-0.1, -0.05) is 26.8 Å². The number of hydrogen-bond donors (Lipinski definition) is 3. The van der Waals surface area contributed by atoms with Crippen molar-refractivity contribution in [3.8, 4) is 11.3 Å². The quantitative estimate of drug-likeness (QED) is 0.463. The van der Waals surface area contributed by atoms with Crippen molar-refractivity contribution >= 4 is 5.95 Å². The van der Waals surface area contributed by atoms with Crippen molar-refractivity contribution in [2.24, 2.45) is 5.41 Å². The molecule has 0 unspecified atom stereocenters. The molecule has 0 bridgehead atoms. The van der Waals surface area contributed by atoms with Gasteiger partial charge in [-0.05, 0) is 60.9 Å². The number of fused-ring (bicyclic) bond motifs is 1. The Hall–Kier alpha value is -3.04. The van der Waals surface area contributed by atoms with Crippen LogP contribution in [0.4, 0.5) is 14.7 Å². The fourth-order valence-electron chi connectivity index (χ4n) is 5.09. The number of rotatable bonds is 7. The predicted octanol–water partition coefficient (Wildman–Crippen LogP) is 4.21. The highest BCUT2D eigenvalue weighted by Gasteiger charge is 2.52. The van der Waals surface area contributed by atoms with Crippen molar-refractivity contribution in [2.45, 2.75) is 57.9 Å². The summed E-state index contributed by atoms with van der Waals surface area (Å²) in [5, 5.41) is 30.7. The molecule has 3 N–H and O–H groups in total. The normalized spacial score (nSPS) is 21.1. The number of aliphatic hydroxyl groups excluding tert-OH is 2. The van der Waals surface area contributed by atoms with Crippen LogP contribution >= 0.6 is 0 Å². The van der Waals surface area contributed by atoms with Gasteiger partial charge in [-0.15, -0.1) is 5.10 Å². The van der Waals surface area contributed by atoms with Crippen molar-refractivity contribution in [1.29, 1.82) is 0 Å². The Morgan fingerprint density at radius 2 is 1.77 bits per heavy atom. The summed E-state index contributed by atoms with van der Waals surface area (Å²) in [4.78, 5) is 8.97. The molecule has 7 nitrogen and oxygen atoms in total. The van der Waals surface area contributed by atoms with Crippen LogP contribution in [0.3, 0.4) is 0 Å². The molecule has 1 aliphatic carbocycles. The molecular weight excluding hydrogens is 452 g/mol. The molecule has 0 fully saturated rings. The second kappa shape index (κ2) is 9.54. The summed E-state index contributed by atoms with van der Waals surface area (Å²) < 4.78 is 29.1. The number of nitrogens with one attached hydrogen (secondary N) is 1. The van der Waals surface area contributed by atoms with E-state index in [-0.39, 0.29) is 41.8 Å². The molecule has 0 saturated carbocycles. The summed E-state index contributed by atoms with van der Waals surface area (Å²) >= 11 is 0. The molecule has 3 aromatic rings. The van der Waals surface area contributed by atoms with Crippen LogP contribution in [0.1, 0.15) is 63.4 Å². The number of hydrogen-bond acceptors (Lipinski definition) is 7.